The maximum absolute atomic E-state index is 12.5. The van der Waals surface area contributed by atoms with E-state index in [2.05, 4.69) is 36.4 Å². The number of rotatable bonds is 5. The lowest BCUT2D eigenvalue weighted by Crippen LogP contribution is -2.34. The Balaban J connectivity index is 1.44. The number of carbonyl (C=O) groups excluding carboxylic acids is 1. The third kappa shape index (κ3) is 5.04. The van der Waals surface area contributed by atoms with Crippen molar-refractivity contribution in [3.8, 4) is 17.2 Å². The molecular formula is C26H25N3O3S. The predicted octanol–water partition coefficient (Wildman–Crippen LogP) is 6.01. The van der Waals surface area contributed by atoms with E-state index in [9.17, 15) is 9.90 Å². The van der Waals surface area contributed by atoms with Crippen LogP contribution in [0, 0.1) is 0 Å². The Labute approximate surface area is 197 Å². The summed E-state index contributed by atoms with van der Waals surface area (Å²) in [7, 11) is 0. The number of anilines is 1. The molecule has 3 aromatic carbocycles. The number of amides is 1. The molecule has 0 saturated carbocycles. The minimum atomic E-state index is -0.304. The number of hydrogen-bond donors (Lipinski definition) is 3. The van der Waals surface area contributed by atoms with Crippen molar-refractivity contribution in [3.63, 3.8) is 0 Å². The number of nitrogens with zero attached hydrogens (tertiary/aromatic N) is 1. The summed E-state index contributed by atoms with van der Waals surface area (Å²) >= 11 is 5.26. The molecule has 4 rings (SSSR count). The van der Waals surface area contributed by atoms with Crippen LogP contribution >= 0.6 is 12.2 Å². The van der Waals surface area contributed by atoms with Crippen molar-refractivity contribution in [3.05, 3.63) is 77.4 Å². The topological polar surface area (TPSA) is 87.4 Å². The molecule has 0 aliphatic carbocycles. The van der Waals surface area contributed by atoms with E-state index in [0.717, 1.165) is 23.1 Å². The van der Waals surface area contributed by atoms with Gasteiger partial charge in [0.1, 0.15) is 11.3 Å². The number of fused-ring (bicyclic) bond motifs is 1. The Morgan fingerprint density at radius 1 is 1.09 bits per heavy atom. The van der Waals surface area contributed by atoms with Crippen LogP contribution < -0.4 is 10.6 Å². The van der Waals surface area contributed by atoms with Crippen molar-refractivity contribution in [1.82, 2.24) is 10.3 Å². The molecule has 1 aromatic heterocycles. The molecule has 0 unspecified atom stereocenters. The highest BCUT2D eigenvalue weighted by molar-refractivity contribution is 7.80. The van der Waals surface area contributed by atoms with Crippen molar-refractivity contribution in [2.45, 2.75) is 33.1 Å². The van der Waals surface area contributed by atoms with Gasteiger partial charge in [0, 0.05) is 17.3 Å². The molecule has 0 saturated heterocycles. The second-order valence-corrected chi connectivity index (χ2v) is 8.50. The van der Waals surface area contributed by atoms with Crippen molar-refractivity contribution in [2.75, 3.05) is 5.32 Å². The Bertz CT molecular complexity index is 1330. The normalized spacial score (nSPS) is 11.0. The Hall–Kier alpha value is -3.71. The summed E-state index contributed by atoms with van der Waals surface area (Å²) in [6, 6.07) is 18.2. The van der Waals surface area contributed by atoms with Crippen molar-refractivity contribution < 1.29 is 14.3 Å². The van der Waals surface area contributed by atoms with E-state index in [-0.39, 0.29) is 16.8 Å². The highest BCUT2D eigenvalue weighted by atomic mass is 32.1. The molecule has 168 valence electrons. The van der Waals surface area contributed by atoms with Gasteiger partial charge in [-0.2, -0.15) is 0 Å². The summed E-state index contributed by atoms with van der Waals surface area (Å²) in [6.07, 6.45) is 0.906. The number of nitrogens with one attached hydrogen (secondary N) is 2. The van der Waals surface area contributed by atoms with Crippen molar-refractivity contribution in [2.24, 2.45) is 0 Å². The van der Waals surface area contributed by atoms with Gasteiger partial charge in [-0.1, -0.05) is 39.0 Å². The van der Waals surface area contributed by atoms with Gasteiger partial charge in [0.25, 0.3) is 5.91 Å². The molecule has 1 amide bonds. The molecule has 0 bridgehead atoms. The molecule has 0 aliphatic heterocycles. The first kappa shape index (κ1) is 22.5. The molecule has 4 aromatic rings. The van der Waals surface area contributed by atoms with Crippen LogP contribution in [0.2, 0.25) is 0 Å². The molecular weight excluding hydrogens is 434 g/mol. The Morgan fingerprint density at radius 3 is 2.52 bits per heavy atom. The minimum absolute atomic E-state index is 0.0133. The summed E-state index contributed by atoms with van der Waals surface area (Å²) in [5.74, 6) is 0.411. The van der Waals surface area contributed by atoms with Crippen LogP contribution in [0.1, 0.15) is 48.2 Å². The number of hydrogen-bond acceptors (Lipinski definition) is 5. The van der Waals surface area contributed by atoms with Gasteiger partial charge in [0.2, 0.25) is 5.89 Å². The molecule has 0 fully saturated rings. The number of carbonyl (C=O) groups is 1. The summed E-state index contributed by atoms with van der Waals surface area (Å²) in [5, 5.41) is 16.3. The minimum Gasteiger partial charge on any atom is -0.507 e. The van der Waals surface area contributed by atoms with Gasteiger partial charge >= 0.3 is 0 Å². The lowest BCUT2D eigenvalue weighted by atomic mass is 10.0. The number of phenols is 1. The van der Waals surface area contributed by atoms with E-state index < -0.39 is 0 Å². The summed E-state index contributed by atoms with van der Waals surface area (Å²) < 4.78 is 5.81. The number of aryl methyl sites for hydroxylation is 1. The molecule has 6 nitrogen and oxygen atoms in total. The van der Waals surface area contributed by atoms with Gasteiger partial charge in [-0.15, -0.1) is 0 Å². The van der Waals surface area contributed by atoms with Gasteiger partial charge in [0.05, 0.1) is 5.56 Å². The molecule has 33 heavy (non-hydrogen) atoms. The first-order valence-corrected chi connectivity index (χ1v) is 11.2. The van der Waals surface area contributed by atoms with Crippen LogP contribution in [-0.4, -0.2) is 21.1 Å². The third-order valence-electron chi connectivity index (χ3n) is 5.41. The number of phenolic OH excluding ortho intramolecular Hbond substituents is 1. The highest BCUT2D eigenvalue weighted by Crippen LogP contribution is 2.33. The summed E-state index contributed by atoms with van der Waals surface area (Å²) in [6.45, 7) is 6.28. The summed E-state index contributed by atoms with van der Waals surface area (Å²) in [5.41, 5.74) is 5.25. The van der Waals surface area contributed by atoms with E-state index in [0.29, 0.717) is 34.2 Å². The number of benzene rings is 3. The maximum atomic E-state index is 12.5. The molecule has 1 heterocycles. The van der Waals surface area contributed by atoms with Crippen molar-refractivity contribution in [1.29, 1.82) is 0 Å². The van der Waals surface area contributed by atoms with E-state index in [1.165, 1.54) is 6.07 Å². The molecule has 3 N–H and O–H groups in total. The number of oxazole rings is 1. The second-order valence-electron chi connectivity index (χ2n) is 8.09. The molecule has 0 atom stereocenters. The fourth-order valence-corrected chi connectivity index (χ4v) is 3.67. The molecule has 0 spiro atoms. The summed E-state index contributed by atoms with van der Waals surface area (Å²) in [4.78, 5) is 17.0. The predicted molar refractivity (Wildman–Crippen MR) is 135 cm³/mol. The lowest BCUT2D eigenvalue weighted by Gasteiger charge is -2.11. The number of aromatic hydroxyl groups is 1. The van der Waals surface area contributed by atoms with Gasteiger partial charge in [0.15, 0.2) is 10.7 Å². The average Bonchev–Trinajstić information content (AvgIpc) is 3.21. The quantitative estimate of drug-likeness (QED) is 0.317. The van der Waals surface area contributed by atoms with Gasteiger partial charge in [-0.25, -0.2) is 4.98 Å². The molecule has 0 radical (unpaired) electrons. The fraction of sp³-hybridized carbons (Fsp3) is 0.192. The van der Waals surface area contributed by atoms with Crippen LogP contribution in [0.25, 0.3) is 22.6 Å². The van der Waals surface area contributed by atoms with Crippen LogP contribution in [-0.2, 0) is 6.42 Å². The molecule has 0 aliphatic rings. The van der Waals surface area contributed by atoms with Gasteiger partial charge < -0.3 is 14.8 Å². The van der Waals surface area contributed by atoms with Crippen LogP contribution in [0.3, 0.4) is 0 Å². The Kier molecular flexibility index (Phi) is 6.42. The zero-order chi connectivity index (χ0) is 23.5. The van der Waals surface area contributed by atoms with Gasteiger partial charge in [-0.3, -0.25) is 10.1 Å². The van der Waals surface area contributed by atoms with E-state index >= 15 is 0 Å². The largest absolute Gasteiger partial charge is 0.507 e. The smallest absolute Gasteiger partial charge is 0.257 e. The monoisotopic (exact) mass is 459 g/mol. The first-order chi connectivity index (χ1) is 15.8. The highest BCUT2D eigenvalue weighted by Gasteiger charge is 2.14. The third-order valence-corrected chi connectivity index (χ3v) is 5.62. The van der Waals surface area contributed by atoms with Crippen LogP contribution in [0.15, 0.2) is 65.1 Å². The standard InChI is InChI=1S/C26H25N3O3S/c1-4-16-5-12-23-21(13-16)28-25(32-23)20-11-10-19(14-22(20)30)27-26(33)29-24(31)18-8-6-17(7-9-18)15(2)3/h5-15,30H,4H2,1-3H3,(H2,27,29,31,33). The zero-order valence-electron chi connectivity index (χ0n) is 18.7. The first-order valence-electron chi connectivity index (χ1n) is 10.8. The average molecular weight is 460 g/mol. The van der Waals surface area contributed by atoms with E-state index in [1.54, 1.807) is 24.3 Å². The van der Waals surface area contributed by atoms with Gasteiger partial charge in [-0.05, 0) is 72.1 Å². The SMILES string of the molecule is CCc1ccc2oc(-c3ccc(NC(=S)NC(=O)c4ccc(C(C)C)cc4)cc3O)nc2c1. The fourth-order valence-electron chi connectivity index (χ4n) is 3.46. The van der Waals surface area contributed by atoms with E-state index in [4.69, 9.17) is 16.6 Å². The Morgan fingerprint density at radius 2 is 1.85 bits per heavy atom. The van der Waals surface area contributed by atoms with Crippen LogP contribution in [0.5, 0.6) is 5.75 Å². The lowest BCUT2D eigenvalue weighted by molar-refractivity contribution is 0.0977. The van der Waals surface area contributed by atoms with E-state index in [1.807, 2.05) is 30.3 Å². The number of thiocarbonyl (C=S) groups is 1. The second kappa shape index (κ2) is 9.42. The van der Waals surface area contributed by atoms with Crippen LogP contribution in [0.4, 0.5) is 5.69 Å². The molecule has 7 heteroatoms. The zero-order valence-corrected chi connectivity index (χ0v) is 19.5. The maximum Gasteiger partial charge on any atom is 0.257 e. The van der Waals surface area contributed by atoms with Crippen molar-refractivity contribution >= 4 is 40.0 Å². The number of aromatic nitrogens is 1.